The number of hydrogen-bond acceptors (Lipinski definition) is 3. The monoisotopic (exact) mass is 463 g/mol. The Balaban J connectivity index is 1.68. The normalized spacial score (nSPS) is 22.1. The van der Waals surface area contributed by atoms with E-state index in [1.165, 1.54) is 6.42 Å². The number of amides is 1. The molecule has 2 aliphatic rings. The van der Waals surface area contributed by atoms with E-state index in [0.29, 0.717) is 26.5 Å². The molecule has 0 unspecified atom stereocenters. The Morgan fingerprint density at radius 1 is 1.00 bits per heavy atom. The van der Waals surface area contributed by atoms with Gasteiger partial charge in [-0.05, 0) is 48.7 Å². The van der Waals surface area contributed by atoms with E-state index in [2.05, 4.69) is 5.32 Å². The van der Waals surface area contributed by atoms with Crippen LogP contribution in [0.2, 0.25) is 15.1 Å². The molecule has 4 rings (SSSR count). The van der Waals surface area contributed by atoms with Crippen molar-refractivity contribution in [2.75, 3.05) is 5.01 Å². The molecular formula is C23H24Cl3N3O. The summed E-state index contributed by atoms with van der Waals surface area (Å²) in [7, 11) is 0. The Hall–Kier alpha value is -1.75. The van der Waals surface area contributed by atoms with E-state index in [0.717, 1.165) is 31.2 Å². The van der Waals surface area contributed by atoms with Crippen LogP contribution in [0.1, 0.15) is 50.6 Å². The smallest absolute Gasteiger partial charge is 0.268 e. The minimum absolute atomic E-state index is 0.0963. The standard InChI is InChI=1S/C23H24Cl3N3O/c1-14-21(23(30)27-18-5-3-2-4-6-18)28-29(20-12-11-17(25)13-19(20)26)22(14)15-7-9-16(24)10-8-15/h7-14,18,22H,2-6H2,1H3,(H,27,30)/t14-,22+/m0/s1. The molecule has 0 saturated heterocycles. The summed E-state index contributed by atoms with van der Waals surface area (Å²) in [4.78, 5) is 13.1. The van der Waals surface area contributed by atoms with Crippen LogP contribution in [0, 0.1) is 5.92 Å². The maximum atomic E-state index is 13.1. The first kappa shape index (κ1) is 21.5. The highest BCUT2D eigenvalue weighted by molar-refractivity contribution is 6.41. The average molecular weight is 465 g/mol. The second-order valence-corrected chi connectivity index (χ2v) is 9.30. The maximum absolute atomic E-state index is 13.1. The molecule has 1 fully saturated rings. The van der Waals surface area contributed by atoms with Gasteiger partial charge in [0.2, 0.25) is 0 Å². The Labute approximate surface area is 192 Å². The Bertz CT molecular complexity index is 955. The Morgan fingerprint density at radius 3 is 2.33 bits per heavy atom. The van der Waals surface area contributed by atoms with Crippen LogP contribution in [0.25, 0.3) is 0 Å². The lowest BCUT2D eigenvalue weighted by atomic mass is 9.90. The van der Waals surface area contributed by atoms with Gasteiger partial charge in [0.15, 0.2) is 0 Å². The average Bonchev–Trinajstić information content (AvgIpc) is 3.06. The van der Waals surface area contributed by atoms with Crippen molar-refractivity contribution in [2.24, 2.45) is 11.0 Å². The van der Waals surface area contributed by atoms with Gasteiger partial charge < -0.3 is 5.32 Å². The van der Waals surface area contributed by atoms with Crippen molar-refractivity contribution in [2.45, 2.75) is 51.1 Å². The minimum Gasteiger partial charge on any atom is -0.348 e. The largest absolute Gasteiger partial charge is 0.348 e. The first-order valence-electron chi connectivity index (χ1n) is 10.3. The lowest BCUT2D eigenvalue weighted by Gasteiger charge is -2.28. The Morgan fingerprint density at radius 2 is 1.67 bits per heavy atom. The molecule has 4 nitrogen and oxygen atoms in total. The lowest BCUT2D eigenvalue weighted by molar-refractivity contribution is -0.115. The van der Waals surface area contributed by atoms with E-state index in [-0.39, 0.29) is 23.9 Å². The molecule has 1 amide bonds. The van der Waals surface area contributed by atoms with Gasteiger partial charge in [-0.2, -0.15) is 5.10 Å². The molecule has 2 aromatic carbocycles. The quantitative estimate of drug-likeness (QED) is 0.550. The first-order valence-corrected chi connectivity index (χ1v) is 11.5. The summed E-state index contributed by atoms with van der Waals surface area (Å²) in [5, 5.41) is 11.5. The summed E-state index contributed by atoms with van der Waals surface area (Å²) >= 11 is 18.7. The zero-order valence-corrected chi connectivity index (χ0v) is 19.0. The van der Waals surface area contributed by atoms with E-state index in [4.69, 9.17) is 39.9 Å². The topological polar surface area (TPSA) is 44.7 Å². The van der Waals surface area contributed by atoms with Gasteiger partial charge in [-0.3, -0.25) is 9.80 Å². The third-order valence-corrected chi connectivity index (χ3v) is 6.71. The predicted octanol–water partition coefficient (Wildman–Crippen LogP) is 6.65. The molecule has 0 aromatic heterocycles. The number of hydrazone groups is 1. The van der Waals surface area contributed by atoms with Crippen molar-refractivity contribution in [3.63, 3.8) is 0 Å². The van der Waals surface area contributed by atoms with Crippen LogP contribution in [0.5, 0.6) is 0 Å². The SMILES string of the molecule is C[C@H]1C(C(=O)NC2CCCCC2)=NN(c2ccc(Cl)cc2Cl)[C@H]1c1ccc(Cl)cc1. The van der Waals surface area contributed by atoms with Crippen LogP contribution in [0.3, 0.4) is 0 Å². The van der Waals surface area contributed by atoms with E-state index in [1.54, 1.807) is 12.1 Å². The van der Waals surface area contributed by atoms with Crippen molar-refractivity contribution < 1.29 is 4.79 Å². The summed E-state index contributed by atoms with van der Waals surface area (Å²) in [6, 6.07) is 13.0. The Kier molecular flexibility index (Phi) is 6.57. The van der Waals surface area contributed by atoms with Crippen LogP contribution in [0.15, 0.2) is 47.6 Å². The van der Waals surface area contributed by atoms with Crippen molar-refractivity contribution in [3.05, 3.63) is 63.1 Å². The number of nitrogens with zero attached hydrogens (tertiary/aromatic N) is 2. The van der Waals surface area contributed by atoms with E-state index in [9.17, 15) is 4.79 Å². The number of carbonyl (C=O) groups is 1. The van der Waals surface area contributed by atoms with Crippen LogP contribution in [-0.4, -0.2) is 17.7 Å². The minimum atomic E-state index is -0.173. The number of benzene rings is 2. The van der Waals surface area contributed by atoms with Gasteiger partial charge in [0.25, 0.3) is 5.91 Å². The zero-order valence-electron chi connectivity index (χ0n) is 16.7. The number of nitrogens with one attached hydrogen (secondary N) is 1. The van der Waals surface area contributed by atoms with Gasteiger partial charge in [-0.1, -0.05) is 73.1 Å². The van der Waals surface area contributed by atoms with E-state index < -0.39 is 0 Å². The number of hydrogen-bond donors (Lipinski definition) is 1. The molecule has 1 heterocycles. The predicted molar refractivity (Wildman–Crippen MR) is 125 cm³/mol. The van der Waals surface area contributed by atoms with E-state index in [1.807, 2.05) is 42.3 Å². The molecule has 1 saturated carbocycles. The van der Waals surface area contributed by atoms with Crippen molar-refractivity contribution in [1.82, 2.24) is 5.32 Å². The maximum Gasteiger partial charge on any atom is 0.268 e. The lowest BCUT2D eigenvalue weighted by Crippen LogP contribution is -2.41. The molecule has 2 aromatic rings. The number of carbonyl (C=O) groups excluding carboxylic acids is 1. The third kappa shape index (κ3) is 4.46. The van der Waals surface area contributed by atoms with Gasteiger partial charge in [0.1, 0.15) is 5.71 Å². The fraction of sp³-hybridized carbons (Fsp3) is 0.391. The van der Waals surface area contributed by atoms with Gasteiger partial charge in [0.05, 0.1) is 16.8 Å². The molecule has 0 radical (unpaired) electrons. The molecule has 7 heteroatoms. The van der Waals surface area contributed by atoms with Crippen LogP contribution in [0.4, 0.5) is 5.69 Å². The van der Waals surface area contributed by atoms with Crippen molar-refractivity contribution >= 4 is 52.1 Å². The molecule has 158 valence electrons. The highest BCUT2D eigenvalue weighted by atomic mass is 35.5. The van der Waals surface area contributed by atoms with Gasteiger partial charge in [0, 0.05) is 22.0 Å². The zero-order chi connectivity index (χ0) is 21.3. The summed E-state index contributed by atoms with van der Waals surface area (Å²) in [5.74, 6) is -0.220. The number of anilines is 1. The second kappa shape index (κ2) is 9.17. The fourth-order valence-electron chi connectivity index (χ4n) is 4.35. The van der Waals surface area contributed by atoms with Crippen LogP contribution >= 0.6 is 34.8 Å². The van der Waals surface area contributed by atoms with Gasteiger partial charge >= 0.3 is 0 Å². The molecular weight excluding hydrogens is 441 g/mol. The fourth-order valence-corrected chi connectivity index (χ4v) is 4.97. The van der Waals surface area contributed by atoms with Gasteiger partial charge in [-0.25, -0.2) is 0 Å². The summed E-state index contributed by atoms with van der Waals surface area (Å²) in [5.41, 5.74) is 2.25. The molecule has 2 atom stereocenters. The van der Waals surface area contributed by atoms with Crippen molar-refractivity contribution in [3.8, 4) is 0 Å². The molecule has 30 heavy (non-hydrogen) atoms. The summed E-state index contributed by atoms with van der Waals surface area (Å²) < 4.78 is 0. The number of rotatable bonds is 4. The molecule has 1 aliphatic carbocycles. The number of halogens is 3. The second-order valence-electron chi connectivity index (χ2n) is 8.02. The highest BCUT2D eigenvalue weighted by Gasteiger charge is 2.40. The molecule has 0 bridgehead atoms. The van der Waals surface area contributed by atoms with E-state index >= 15 is 0 Å². The molecule has 0 spiro atoms. The van der Waals surface area contributed by atoms with Crippen molar-refractivity contribution in [1.29, 1.82) is 0 Å². The summed E-state index contributed by atoms with van der Waals surface area (Å²) in [6.07, 6.45) is 5.62. The molecule has 1 N–H and O–H groups in total. The van der Waals surface area contributed by atoms with Crippen LogP contribution < -0.4 is 10.3 Å². The summed E-state index contributed by atoms with van der Waals surface area (Å²) in [6.45, 7) is 2.03. The third-order valence-electron chi connectivity index (χ3n) is 5.92. The molecule has 1 aliphatic heterocycles. The highest BCUT2D eigenvalue weighted by Crippen LogP contribution is 2.42. The van der Waals surface area contributed by atoms with Gasteiger partial charge in [-0.15, -0.1) is 0 Å². The van der Waals surface area contributed by atoms with Crippen LogP contribution in [-0.2, 0) is 4.79 Å². The first-order chi connectivity index (χ1) is 14.4.